The van der Waals surface area contributed by atoms with Crippen LogP contribution in [0.1, 0.15) is 10.4 Å². The molecule has 0 saturated carbocycles. The minimum Gasteiger partial charge on any atom is -0.318 e. The normalized spacial score (nSPS) is 13.3. The number of carbonyl (C=O) groups is 2. The molecule has 3 rings (SSSR count). The van der Waals surface area contributed by atoms with Crippen molar-refractivity contribution in [3.8, 4) is 0 Å². The summed E-state index contributed by atoms with van der Waals surface area (Å²) in [6.07, 6.45) is 0. The summed E-state index contributed by atoms with van der Waals surface area (Å²) >= 11 is 8.44. The number of Topliss-reactive ketones (excluding diaryl/α,β-unsaturated/α-hetero) is 1. The molecule has 0 fully saturated rings. The minimum atomic E-state index is -0.573. The van der Waals surface area contributed by atoms with Gasteiger partial charge in [0.15, 0.2) is 0 Å². The quantitative estimate of drug-likeness (QED) is 0.738. The smallest absolute Gasteiger partial charge is 0.296 e. The molecule has 1 aliphatic heterocycles. The third-order valence-electron chi connectivity index (χ3n) is 2.79. The second-order valence-electron chi connectivity index (χ2n) is 4.17. The predicted molar refractivity (Wildman–Crippen MR) is 85.4 cm³/mol. The van der Waals surface area contributed by atoms with Crippen LogP contribution in [0.25, 0.3) is 0 Å². The first-order chi connectivity index (χ1) is 9.54. The molecular weight excluding hydrogens is 406 g/mol. The van der Waals surface area contributed by atoms with E-state index in [0.717, 1.165) is 18.7 Å². The fraction of sp³-hybridized carbons (Fsp3) is 0. The summed E-state index contributed by atoms with van der Waals surface area (Å²) in [6, 6.07) is 11.4. The van der Waals surface area contributed by atoms with Gasteiger partial charge in [0.25, 0.3) is 11.7 Å². The SMILES string of the molecule is O=C1Nc2cc(Sc3cccc(Br)c3)c(Br)cc2C1=O. The lowest BCUT2D eigenvalue weighted by Crippen LogP contribution is -2.12. The van der Waals surface area contributed by atoms with Crippen molar-refractivity contribution in [2.75, 3.05) is 5.32 Å². The van der Waals surface area contributed by atoms with Gasteiger partial charge in [-0.3, -0.25) is 9.59 Å². The lowest BCUT2D eigenvalue weighted by molar-refractivity contribution is -0.112. The summed E-state index contributed by atoms with van der Waals surface area (Å²) in [7, 11) is 0. The third kappa shape index (κ3) is 2.55. The Morgan fingerprint density at radius 3 is 2.60 bits per heavy atom. The van der Waals surface area contributed by atoms with Gasteiger partial charge in [-0.1, -0.05) is 33.8 Å². The lowest BCUT2D eigenvalue weighted by atomic mass is 10.1. The Morgan fingerprint density at radius 1 is 1.05 bits per heavy atom. The molecular formula is C14H7Br2NO2S. The molecule has 0 radical (unpaired) electrons. The Kier molecular flexibility index (Phi) is 3.70. The first-order valence-electron chi connectivity index (χ1n) is 5.67. The molecule has 100 valence electrons. The van der Waals surface area contributed by atoms with Crippen LogP contribution in [-0.2, 0) is 4.79 Å². The van der Waals surface area contributed by atoms with Gasteiger partial charge in [0.05, 0.1) is 11.3 Å². The summed E-state index contributed by atoms with van der Waals surface area (Å²) in [5.41, 5.74) is 0.987. The van der Waals surface area contributed by atoms with Crippen LogP contribution in [0.5, 0.6) is 0 Å². The summed E-state index contributed by atoms with van der Waals surface area (Å²) < 4.78 is 1.80. The molecule has 1 heterocycles. The Morgan fingerprint density at radius 2 is 1.85 bits per heavy atom. The van der Waals surface area contributed by atoms with Crippen LogP contribution in [0, 0.1) is 0 Å². The summed E-state index contributed by atoms with van der Waals surface area (Å²) in [5, 5.41) is 2.58. The van der Waals surface area contributed by atoms with Crippen molar-refractivity contribution < 1.29 is 9.59 Å². The van der Waals surface area contributed by atoms with Crippen LogP contribution in [0.3, 0.4) is 0 Å². The van der Waals surface area contributed by atoms with E-state index < -0.39 is 11.7 Å². The molecule has 6 heteroatoms. The van der Waals surface area contributed by atoms with Crippen molar-refractivity contribution in [3.63, 3.8) is 0 Å². The van der Waals surface area contributed by atoms with Crippen LogP contribution >= 0.6 is 43.6 Å². The molecule has 1 N–H and O–H groups in total. The van der Waals surface area contributed by atoms with Crippen molar-refractivity contribution in [1.29, 1.82) is 0 Å². The maximum absolute atomic E-state index is 11.6. The molecule has 0 bridgehead atoms. The zero-order valence-corrected chi connectivity index (χ0v) is 13.9. The van der Waals surface area contributed by atoms with E-state index >= 15 is 0 Å². The molecule has 0 saturated heterocycles. The fourth-order valence-electron chi connectivity index (χ4n) is 1.88. The Hall–Kier alpha value is -1.11. The van der Waals surface area contributed by atoms with Gasteiger partial charge in [-0.2, -0.15) is 0 Å². The first-order valence-corrected chi connectivity index (χ1v) is 8.07. The zero-order valence-electron chi connectivity index (χ0n) is 9.94. The standard InChI is InChI=1S/C14H7Br2NO2S/c15-7-2-1-3-8(4-7)20-12-6-11-9(5-10(12)16)13(18)14(19)17-11/h1-6H,(H,17,18,19). The average molecular weight is 413 g/mol. The summed E-state index contributed by atoms with van der Waals surface area (Å²) in [4.78, 5) is 25.0. The highest BCUT2D eigenvalue weighted by atomic mass is 79.9. The molecule has 0 atom stereocenters. The number of anilines is 1. The van der Waals surface area contributed by atoms with Gasteiger partial charge < -0.3 is 5.32 Å². The molecule has 2 aromatic rings. The molecule has 0 aliphatic carbocycles. The highest BCUT2D eigenvalue weighted by Crippen LogP contribution is 2.39. The second-order valence-corrected chi connectivity index (χ2v) is 7.06. The van der Waals surface area contributed by atoms with Crippen LogP contribution in [0.2, 0.25) is 0 Å². The number of hydrogen-bond donors (Lipinski definition) is 1. The number of nitrogens with one attached hydrogen (secondary N) is 1. The van der Waals surface area contributed by atoms with Crippen LogP contribution in [-0.4, -0.2) is 11.7 Å². The van der Waals surface area contributed by atoms with Crippen molar-refractivity contribution in [3.05, 3.63) is 50.9 Å². The molecule has 1 amide bonds. The van der Waals surface area contributed by atoms with E-state index in [1.165, 1.54) is 0 Å². The Bertz CT molecular complexity index is 746. The number of hydrogen-bond acceptors (Lipinski definition) is 3. The third-order valence-corrected chi connectivity index (χ3v) is 5.25. The highest BCUT2D eigenvalue weighted by Gasteiger charge is 2.29. The molecule has 0 unspecified atom stereocenters. The number of ketones is 1. The Labute approximate surface area is 136 Å². The van der Waals surface area contributed by atoms with E-state index in [-0.39, 0.29) is 0 Å². The van der Waals surface area contributed by atoms with Gasteiger partial charge in [-0.25, -0.2) is 0 Å². The number of rotatable bonds is 2. The van der Waals surface area contributed by atoms with Crippen molar-refractivity contribution >= 4 is 61.0 Å². The zero-order chi connectivity index (χ0) is 14.3. The minimum absolute atomic E-state index is 0.417. The molecule has 0 spiro atoms. The van der Waals surface area contributed by atoms with Gasteiger partial charge in [-0.05, 0) is 46.3 Å². The van der Waals surface area contributed by atoms with Crippen LogP contribution < -0.4 is 5.32 Å². The van der Waals surface area contributed by atoms with Gasteiger partial charge in [0.1, 0.15) is 0 Å². The largest absolute Gasteiger partial charge is 0.318 e. The van der Waals surface area contributed by atoms with Gasteiger partial charge >= 0.3 is 0 Å². The number of halogens is 2. The monoisotopic (exact) mass is 411 g/mol. The molecule has 3 nitrogen and oxygen atoms in total. The summed E-state index contributed by atoms with van der Waals surface area (Å²) in [5.74, 6) is -1.06. The maximum atomic E-state index is 11.6. The van der Waals surface area contributed by atoms with Crippen LogP contribution in [0.15, 0.2) is 55.1 Å². The average Bonchev–Trinajstić information content (AvgIpc) is 2.66. The topological polar surface area (TPSA) is 46.2 Å². The summed E-state index contributed by atoms with van der Waals surface area (Å²) in [6.45, 7) is 0. The van der Waals surface area contributed by atoms with E-state index in [4.69, 9.17) is 0 Å². The van der Waals surface area contributed by atoms with Crippen molar-refractivity contribution in [2.45, 2.75) is 9.79 Å². The van der Waals surface area contributed by atoms with Gasteiger partial charge in [0.2, 0.25) is 0 Å². The molecule has 0 aromatic heterocycles. The predicted octanol–water partition coefficient (Wildman–Crippen LogP) is 4.50. The van der Waals surface area contributed by atoms with Crippen molar-refractivity contribution in [2.24, 2.45) is 0 Å². The number of fused-ring (bicyclic) bond motifs is 1. The van der Waals surface area contributed by atoms with Crippen molar-refractivity contribution in [1.82, 2.24) is 0 Å². The molecule has 20 heavy (non-hydrogen) atoms. The second kappa shape index (κ2) is 5.35. The van der Waals surface area contributed by atoms with E-state index in [1.807, 2.05) is 30.3 Å². The molecule has 2 aromatic carbocycles. The van der Waals surface area contributed by atoms with E-state index in [1.54, 1.807) is 17.8 Å². The van der Waals surface area contributed by atoms with Crippen LogP contribution in [0.4, 0.5) is 5.69 Å². The number of amides is 1. The molecule has 1 aliphatic rings. The number of benzene rings is 2. The van der Waals surface area contributed by atoms with E-state index in [0.29, 0.717) is 11.3 Å². The number of carbonyl (C=O) groups excluding carboxylic acids is 2. The lowest BCUT2D eigenvalue weighted by Gasteiger charge is -2.07. The van der Waals surface area contributed by atoms with Gasteiger partial charge in [-0.15, -0.1) is 0 Å². The van der Waals surface area contributed by atoms with Gasteiger partial charge in [0, 0.05) is 18.7 Å². The van der Waals surface area contributed by atoms with E-state index in [9.17, 15) is 9.59 Å². The maximum Gasteiger partial charge on any atom is 0.296 e. The Balaban J connectivity index is 1.98. The fourth-order valence-corrected chi connectivity index (χ4v) is 3.94. The van der Waals surface area contributed by atoms with E-state index in [2.05, 4.69) is 37.2 Å². The first kappa shape index (κ1) is 13.9. The highest BCUT2D eigenvalue weighted by molar-refractivity contribution is 9.10.